The topological polar surface area (TPSA) is 85.2 Å². The van der Waals surface area contributed by atoms with Gasteiger partial charge in [-0.15, -0.1) is 0 Å². The van der Waals surface area contributed by atoms with E-state index < -0.39 is 6.03 Å². The number of benzene rings is 2. The summed E-state index contributed by atoms with van der Waals surface area (Å²) in [6, 6.07) is 17.0. The van der Waals surface area contributed by atoms with Crippen molar-refractivity contribution < 1.29 is 9.53 Å². The number of hydrogen-bond acceptors (Lipinski definition) is 4. The van der Waals surface area contributed by atoms with E-state index in [1.165, 1.54) is 17.9 Å². The molecule has 2 amide bonds. The van der Waals surface area contributed by atoms with Gasteiger partial charge in [-0.1, -0.05) is 35.9 Å². The SMILES string of the molecule is COc1ccccc1NC(=O)NCCn1nc(-c2ccc(Cl)cc2)ccc1=O. The van der Waals surface area contributed by atoms with E-state index in [1.54, 1.807) is 36.4 Å². The van der Waals surface area contributed by atoms with Gasteiger partial charge in [0.2, 0.25) is 0 Å². The summed E-state index contributed by atoms with van der Waals surface area (Å²) >= 11 is 5.90. The summed E-state index contributed by atoms with van der Waals surface area (Å²) in [7, 11) is 1.53. The zero-order valence-electron chi connectivity index (χ0n) is 15.2. The number of halogens is 1. The molecule has 2 aromatic carbocycles. The van der Waals surface area contributed by atoms with Crippen LogP contribution in [0.4, 0.5) is 10.5 Å². The van der Waals surface area contributed by atoms with Crippen molar-refractivity contribution in [3.8, 4) is 17.0 Å². The molecule has 0 aliphatic rings. The molecule has 3 aromatic rings. The lowest BCUT2D eigenvalue weighted by molar-refractivity contribution is 0.251. The lowest BCUT2D eigenvalue weighted by atomic mass is 10.1. The van der Waals surface area contributed by atoms with E-state index in [9.17, 15) is 9.59 Å². The van der Waals surface area contributed by atoms with Crippen molar-refractivity contribution in [3.05, 3.63) is 76.0 Å². The number of carbonyl (C=O) groups is 1. The molecular formula is C20H19ClN4O3. The maximum absolute atomic E-state index is 12.1. The average molecular weight is 399 g/mol. The average Bonchev–Trinajstić information content (AvgIpc) is 2.70. The highest BCUT2D eigenvalue weighted by molar-refractivity contribution is 6.30. The number of carbonyl (C=O) groups excluding carboxylic acids is 1. The second kappa shape index (κ2) is 9.05. The van der Waals surface area contributed by atoms with Gasteiger partial charge in [-0.2, -0.15) is 5.10 Å². The monoisotopic (exact) mass is 398 g/mol. The van der Waals surface area contributed by atoms with Crippen LogP contribution in [0.1, 0.15) is 0 Å². The van der Waals surface area contributed by atoms with Crippen molar-refractivity contribution in [2.75, 3.05) is 19.0 Å². The Morgan fingerprint density at radius 3 is 2.61 bits per heavy atom. The number of rotatable bonds is 6. The molecule has 144 valence electrons. The number of anilines is 1. The quantitative estimate of drug-likeness (QED) is 0.666. The highest BCUT2D eigenvalue weighted by atomic mass is 35.5. The molecule has 0 unspecified atom stereocenters. The summed E-state index contributed by atoms with van der Waals surface area (Å²) in [6.07, 6.45) is 0. The molecule has 1 aromatic heterocycles. The lowest BCUT2D eigenvalue weighted by Crippen LogP contribution is -2.34. The molecule has 0 saturated carbocycles. The van der Waals surface area contributed by atoms with Gasteiger partial charge >= 0.3 is 6.03 Å². The number of methoxy groups -OCH3 is 1. The molecule has 0 atom stereocenters. The van der Waals surface area contributed by atoms with Crippen molar-refractivity contribution >= 4 is 23.3 Å². The van der Waals surface area contributed by atoms with E-state index in [4.69, 9.17) is 16.3 Å². The Hall–Kier alpha value is -3.32. The predicted octanol–water partition coefficient (Wildman–Crippen LogP) is 3.39. The van der Waals surface area contributed by atoms with Crippen LogP contribution in [0.3, 0.4) is 0 Å². The van der Waals surface area contributed by atoms with Crippen molar-refractivity contribution in [1.82, 2.24) is 15.1 Å². The van der Waals surface area contributed by atoms with Crippen molar-refractivity contribution in [2.45, 2.75) is 6.54 Å². The molecule has 0 bridgehead atoms. The molecule has 0 aliphatic carbocycles. The van der Waals surface area contributed by atoms with Gasteiger partial charge < -0.3 is 15.4 Å². The largest absolute Gasteiger partial charge is 0.495 e. The Balaban J connectivity index is 1.61. The first kappa shape index (κ1) is 19.4. The fraction of sp³-hybridized carbons (Fsp3) is 0.150. The van der Waals surface area contributed by atoms with Crippen LogP contribution < -0.4 is 20.9 Å². The van der Waals surface area contributed by atoms with Crippen LogP contribution in [0.5, 0.6) is 5.75 Å². The van der Waals surface area contributed by atoms with Crippen LogP contribution in [-0.4, -0.2) is 29.5 Å². The maximum Gasteiger partial charge on any atom is 0.319 e. The lowest BCUT2D eigenvalue weighted by Gasteiger charge is -2.11. The van der Waals surface area contributed by atoms with Gasteiger partial charge in [0.05, 0.1) is 25.0 Å². The Morgan fingerprint density at radius 2 is 1.86 bits per heavy atom. The molecule has 8 heteroatoms. The first-order valence-corrected chi connectivity index (χ1v) is 8.96. The summed E-state index contributed by atoms with van der Waals surface area (Å²) in [5.74, 6) is 0.561. The molecule has 0 saturated heterocycles. The van der Waals surface area contributed by atoms with E-state index in [-0.39, 0.29) is 18.6 Å². The van der Waals surface area contributed by atoms with E-state index in [0.717, 1.165) is 5.56 Å². The van der Waals surface area contributed by atoms with Gasteiger partial charge in [-0.3, -0.25) is 4.79 Å². The Bertz CT molecular complexity index is 1020. The smallest absolute Gasteiger partial charge is 0.319 e. The summed E-state index contributed by atoms with van der Waals surface area (Å²) < 4.78 is 6.50. The Labute approximate surface area is 166 Å². The Kier molecular flexibility index (Phi) is 6.29. The third kappa shape index (κ3) is 4.89. The third-order valence-electron chi connectivity index (χ3n) is 3.97. The van der Waals surface area contributed by atoms with Crippen LogP contribution in [0.15, 0.2) is 65.5 Å². The molecule has 0 fully saturated rings. The molecule has 0 spiro atoms. The third-order valence-corrected chi connectivity index (χ3v) is 4.22. The fourth-order valence-electron chi connectivity index (χ4n) is 2.57. The summed E-state index contributed by atoms with van der Waals surface area (Å²) in [6.45, 7) is 0.470. The minimum absolute atomic E-state index is 0.234. The van der Waals surface area contributed by atoms with E-state index in [2.05, 4.69) is 15.7 Å². The van der Waals surface area contributed by atoms with Crippen LogP contribution in [0, 0.1) is 0 Å². The zero-order chi connectivity index (χ0) is 19.9. The predicted molar refractivity (Wildman–Crippen MR) is 109 cm³/mol. The van der Waals surface area contributed by atoms with Gasteiger partial charge in [0.15, 0.2) is 0 Å². The standard InChI is InChI=1S/C20H19ClN4O3/c1-28-18-5-3-2-4-17(18)23-20(27)22-12-13-25-19(26)11-10-16(24-25)14-6-8-15(21)9-7-14/h2-11H,12-13H2,1H3,(H2,22,23,27). The van der Waals surface area contributed by atoms with Gasteiger partial charge in [0.1, 0.15) is 5.75 Å². The molecule has 7 nitrogen and oxygen atoms in total. The number of nitrogens with zero attached hydrogens (tertiary/aromatic N) is 2. The highest BCUT2D eigenvalue weighted by Crippen LogP contribution is 2.22. The number of hydrogen-bond donors (Lipinski definition) is 2. The molecule has 3 rings (SSSR count). The van der Waals surface area contributed by atoms with Crippen LogP contribution in [0.25, 0.3) is 11.3 Å². The zero-order valence-corrected chi connectivity index (χ0v) is 15.9. The number of nitrogens with one attached hydrogen (secondary N) is 2. The number of amides is 2. The molecule has 0 radical (unpaired) electrons. The number of para-hydroxylation sites is 2. The molecule has 2 N–H and O–H groups in total. The van der Waals surface area contributed by atoms with E-state index in [1.807, 2.05) is 18.2 Å². The van der Waals surface area contributed by atoms with Gasteiger partial charge in [-0.25, -0.2) is 9.48 Å². The number of ether oxygens (including phenoxy) is 1. The molecular weight excluding hydrogens is 380 g/mol. The minimum atomic E-state index is -0.397. The van der Waals surface area contributed by atoms with Crippen molar-refractivity contribution in [2.24, 2.45) is 0 Å². The minimum Gasteiger partial charge on any atom is -0.495 e. The summed E-state index contributed by atoms with van der Waals surface area (Å²) in [4.78, 5) is 24.1. The van der Waals surface area contributed by atoms with Crippen LogP contribution in [-0.2, 0) is 6.54 Å². The van der Waals surface area contributed by atoms with Gasteiger partial charge in [-0.05, 0) is 30.3 Å². The fourth-order valence-corrected chi connectivity index (χ4v) is 2.70. The first-order chi connectivity index (χ1) is 13.6. The van der Waals surface area contributed by atoms with Crippen LogP contribution >= 0.6 is 11.6 Å². The van der Waals surface area contributed by atoms with Crippen LogP contribution in [0.2, 0.25) is 5.02 Å². The van der Waals surface area contributed by atoms with Crippen molar-refractivity contribution in [3.63, 3.8) is 0 Å². The first-order valence-electron chi connectivity index (χ1n) is 8.59. The molecule has 28 heavy (non-hydrogen) atoms. The van der Waals surface area contributed by atoms with Gasteiger partial charge in [0, 0.05) is 23.2 Å². The van der Waals surface area contributed by atoms with E-state index in [0.29, 0.717) is 22.2 Å². The Morgan fingerprint density at radius 1 is 1.11 bits per heavy atom. The summed E-state index contributed by atoms with van der Waals surface area (Å²) in [5, 5.41) is 10.4. The molecule has 1 heterocycles. The second-order valence-corrected chi connectivity index (χ2v) is 6.30. The normalized spacial score (nSPS) is 10.4. The van der Waals surface area contributed by atoms with Crippen molar-refractivity contribution in [1.29, 1.82) is 0 Å². The van der Waals surface area contributed by atoms with E-state index >= 15 is 0 Å². The summed E-state index contributed by atoms with van der Waals surface area (Å²) in [5.41, 5.74) is 1.81. The van der Waals surface area contributed by atoms with Gasteiger partial charge in [0.25, 0.3) is 5.56 Å². The number of aromatic nitrogens is 2. The number of urea groups is 1. The molecule has 0 aliphatic heterocycles. The second-order valence-electron chi connectivity index (χ2n) is 5.87. The maximum atomic E-state index is 12.1. The highest BCUT2D eigenvalue weighted by Gasteiger charge is 2.07.